The summed E-state index contributed by atoms with van der Waals surface area (Å²) in [5.74, 6) is 0.895. The van der Waals surface area contributed by atoms with E-state index in [0.717, 1.165) is 51.1 Å². The van der Waals surface area contributed by atoms with E-state index < -0.39 is 0 Å². The SMILES string of the molecule is CCCCOCCOCCNC(=NCCCCN1CCCCC1C)NCC. The Morgan fingerprint density at radius 2 is 1.81 bits per heavy atom. The zero-order valence-corrected chi connectivity index (χ0v) is 18.1. The average molecular weight is 385 g/mol. The number of hydrogen-bond donors (Lipinski definition) is 2. The first-order chi connectivity index (χ1) is 13.3. The van der Waals surface area contributed by atoms with Gasteiger partial charge in [-0.1, -0.05) is 19.8 Å². The summed E-state index contributed by atoms with van der Waals surface area (Å²) in [5, 5.41) is 6.65. The Hall–Kier alpha value is -0.850. The molecule has 0 aromatic heterocycles. The van der Waals surface area contributed by atoms with Crippen molar-refractivity contribution < 1.29 is 9.47 Å². The first-order valence-corrected chi connectivity index (χ1v) is 11.2. The highest BCUT2D eigenvalue weighted by Crippen LogP contribution is 2.16. The van der Waals surface area contributed by atoms with Gasteiger partial charge in [0.1, 0.15) is 0 Å². The first-order valence-electron chi connectivity index (χ1n) is 11.2. The van der Waals surface area contributed by atoms with E-state index >= 15 is 0 Å². The van der Waals surface area contributed by atoms with E-state index in [2.05, 4.69) is 41.3 Å². The van der Waals surface area contributed by atoms with Crippen molar-refractivity contribution in [1.82, 2.24) is 15.5 Å². The van der Waals surface area contributed by atoms with Crippen LogP contribution in [0.3, 0.4) is 0 Å². The minimum absolute atomic E-state index is 0.661. The summed E-state index contributed by atoms with van der Waals surface area (Å²) in [4.78, 5) is 7.32. The van der Waals surface area contributed by atoms with Crippen LogP contribution in [0.2, 0.25) is 0 Å². The van der Waals surface area contributed by atoms with Crippen LogP contribution in [0.5, 0.6) is 0 Å². The lowest BCUT2D eigenvalue weighted by Crippen LogP contribution is -2.39. The van der Waals surface area contributed by atoms with Crippen LogP contribution in [0.1, 0.15) is 65.7 Å². The Morgan fingerprint density at radius 1 is 1.00 bits per heavy atom. The smallest absolute Gasteiger partial charge is 0.191 e. The molecule has 0 radical (unpaired) electrons. The summed E-state index contributed by atoms with van der Waals surface area (Å²) in [6.45, 7) is 14.5. The predicted molar refractivity (Wildman–Crippen MR) is 115 cm³/mol. The molecule has 0 spiro atoms. The van der Waals surface area contributed by atoms with Crippen molar-refractivity contribution in [2.45, 2.75) is 71.8 Å². The van der Waals surface area contributed by atoms with Crippen molar-refractivity contribution in [2.75, 3.05) is 59.2 Å². The predicted octanol–water partition coefficient (Wildman–Crippen LogP) is 3.03. The molecule has 1 aliphatic heterocycles. The molecule has 27 heavy (non-hydrogen) atoms. The first kappa shape index (κ1) is 24.2. The average Bonchev–Trinajstić information content (AvgIpc) is 2.67. The molecular formula is C21H44N4O2. The normalized spacial score (nSPS) is 18.6. The molecule has 6 nitrogen and oxygen atoms in total. The number of guanidine groups is 1. The molecule has 1 atom stereocenters. The summed E-state index contributed by atoms with van der Waals surface area (Å²) in [6.07, 6.45) is 8.80. The largest absolute Gasteiger partial charge is 0.379 e. The van der Waals surface area contributed by atoms with Crippen LogP contribution >= 0.6 is 0 Å². The van der Waals surface area contributed by atoms with Crippen LogP contribution in [-0.2, 0) is 9.47 Å². The third-order valence-electron chi connectivity index (χ3n) is 4.96. The fourth-order valence-corrected chi connectivity index (χ4v) is 3.26. The second-order valence-electron chi connectivity index (χ2n) is 7.35. The molecule has 1 aliphatic rings. The van der Waals surface area contributed by atoms with Crippen LogP contribution in [0, 0.1) is 0 Å². The molecule has 1 unspecified atom stereocenters. The summed E-state index contributed by atoms with van der Waals surface area (Å²) in [7, 11) is 0. The fourth-order valence-electron chi connectivity index (χ4n) is 3.26. The van der Waals surface area contributed by atoms with Gasteiger partial charge in [0.15, 0.2) is 5.96 Å². The summed E-state index contributed by atoms with van der Waals surface area (Å²) >= 11 is 0. The van der Waals surface area contributed by atoms with Crippen LogP contribution in [0.25, 0.3) is 0 Å². The fraction of sp³-hybridized carbons (Fsp3) is 0.952. The van der Waals surface area contributed by atoms with Crippen molar-refractivity contribution in [3.8, 4) is 0 Å². The quantitative estimate of drug-likeness (QED) is 0.258. The molecule has 1 saturated heterocycles. The van der Waals surface area contributed by atoms with Crippen LogP contribution < -0.4 is 10.6 Å². The molecule has 6 heteroatoms. The molecule has 0 aliphatic carbocycles. The highest BCUT2D eigenvalue weighted by molar-refractivity contribution is 5.79. The van der Waals surface area contributed by atoms with Crippen LogP contribution in [0.4, 0.5) is 0 Å². The second kappa shape index (κ2) is 17.3. The Labute approximate surface area is 167 Å². The van der Waals surface area contributed by atoms with Gasteiger partial charge in [-0.2, -0.15) is 0 Å². The van der Waals surface area contributed by atoms with Gasteiger partial charge in [-0.05, 0) is 59.0 Å². The summed E-state index contributed by atoms with van der Waals surface area (Å²) in [5.41, 5.74) is 0. The summed E-state index contributed by atoms with van der Waals surface area (Å²) in [6, 6.07) is 0.762. The molecule has 1 rings (SSSR count). The highest BCUT2D eigenvalue weighted by atomic mass is 16.5. The number of nitrogens with one attached hydrogen (secondary N) is 2. The Balaban J connectivity index is 2.04. The number of ether oxygens (including phenoxy) is 2. The van der Waals surface area contributed by atoms with Crippen molar-refractivity contribution in [3.63, 3.8) is 0 Å². The monoisotopic (exact) mass is 384 g/mol. The van der Waals surface area contributed by atoms with E-state index in [9.17, 15) is 0 Å². The third kappa shape index (κ3) is 13.0. The van der Waals surface area contributed by atoms with Gasteiger partial charge in [-0.25, -0.2) is 0 Å². The van der Waals surface area contributed by atoms with E-state index in [4.69, 9.17) is 9.47 Å². The standard InChI is InChI=1S/C21H44N4O2/c1-4-6-16-26-18-19-27-17-13-24-21(22-5-2)23-12-8-10-15-25-14-9-7-11-20(25)3/h20H,4-19H2,1-3H3,(H2,22,23,24). The maximum Gasteiger partial charge on any atom is 0.191 e. The van der Waals surface area contributed by atoms with Gasteiger partial charge in [-0.15, -0.1) is 0 Å². The Morgan fingerprint density at radius 3 is 2.56 bits per heavy atom. The third-order valence-corrected chi connectivity index (χ3v) is 4.96. The Kier molecular flexibility index (Phi) is 15.5. The van der Waals surface area contributed by atoms with E-state index in [1.165, 1.54) is 45.2 Å². The Bertz CT molecular complexity index is 366. The van der Waals surface area contributed by atoms with Gasteiger partial charge < -0.3 is 25.0 Å². The van der Waals surface area contributed by atoms with E-state index in [1.54, 1.807) is 0 Å². The van der Waals surface area contributed by atoms with Crippen molar-refractivity contribution in [1.29, 1.82) is 0 Å². The molecule has 0 bridgehead atoms. The van der Waals surface area contributed by atoms with Crippen molar-refractivity contribution in [3.05, 3.63) is 0 Å². The molecular weight excluding hydrogens is 340 g/mol. The number of nitrogens with zero attached hydrogens (tertiary/aromatic N) is 2. The van der Waals surface area contributed by atoms with E-state index in [0.29, 0.717) is 19.8 Å². The lowest BCUT2D eigenvalue weighted by Gasteiger charge is -2.33. The number of rotatable bonds is 15. The van der Waals surface area contributed by atoms with Gasteiger partial charge in [0.05, 0.1) is 19.8 Å². The van der Waals surface area contributed by atoms with Gasteiger partial charge in [0, 0.05) is 32.3 Å². The number of aliphatic imine (C=N–C) groups is 1. The van der Waals surface area contributed by atoms with Gasteiger partial charge >= 0.3 is 0 Å². The maximum atomic E-state index is 5.59. The van der Waals surface area contributed by atoms with Crippen LogP contribution in [0.15, 0.2) is 4.99 Å². The highest BCUT2D eigenvalue weighted by Gasteiger charge is 2.16. The van der Waals surface area contributed by atoms with Crippen molar-refractivity contribution in [2.24, 2.45) is 4.99 Å². The number of likely N-dealkylation sites (tertiary alicyclic amines) is 1. The minimum atomic E-state index is 0.661. The molecule has 1 heterocycles. The number of hydrogen-bond acceptors (Lipinski definition) is 4. The molecule has 160 valence electrons. The molecule has 0 amide bonds. The van der Waals surface area contributed by atoms with Gasteiger partial charge in [0.25, 0.3) is 0 Å². The topological polar surface area (TPSA) is 58.1 Å². The number of piperidine rings is 1. The summed E-state index contributed by atoms with van der Waals surface area (Å²) < 4.78 is 11.1. The lowest BCUT2D eigenvalue weighted by molar-refractivity contribution is 0.0487. The molecule has 0 aromatic rings. The second-order valence-corrected chi connectivity index (χ2v) is 7.35. The van der Waals surface area contributed by atoms with Gasteiger partial charge in [0.2, 0.25) is 0 Å². The van der Waals surface area contributed by atoms with E-state index in [1.807, 2.05) is 0 Å². The van der Waals surface area contributed by atoms with Gasteiger partial charge in [-0.3, -0.25) is 4.99 Å². The lowest BCUT2D eigenvalue weighted by atomic mass is 10.0. The van der Waals surface area contributed by atoms with Crippen LogP contribution in [-0.4, -0.2) is 76.1 Å². The molecule has 0 saturated carbocycles. The van der Waals surface area contributed by atoms with E-state index in [-0.39, 0.29) is 0 Å². The number of unbranched alkanes of at least 4 members (excludes halogenated alkanes) is 2. The minimum Gasteiger partial charge on any atom is -0.379 e. The zero-order chi connectivity index (χ0) is 19.6. The van der Waals surface area contributed by atoms with Crippen molar-refractivity contribution >= 4 is 5.96 Å². The zero-order valence-electron chi connectivity index (χ0n) is 18.1. The maximum absolute atomic E-state index is 5.59. The molecule has 1 fully saturated rings. The molecule has 2 N–H and O–H groups in total. The molecule has 0 aromatic carbocycles.